The molecule has 0 radical (unpaired) electrons. The molecule has 2 rings (SSSR count). The third kappa shape index (κ3) is 5.42. The van der Waals surface area contributed by atoms with E-state index in [0.29, 0.717) is 44.7 Å². The van der Waals surface area contributed by atoms with Crippen molar-refractivity contribution in [3.8, 4) is 11.5 Å². The second kappa shape index (κ2) is 9.54. The number of hydrogen-bond donors (Lipinski definition) is 1. The van der Waals surface area contributed by atoms with E-state index in [1.165, 1.54) is 0 Å². The summed E-state index contributed by atoms with van der Waals surface area (Å²) in [6, 6.07) is 9.57. The number of rotatable bonds is 8. The van der Waals surface area contributed by atoms with Crippen molar-refractivity contribution in [3.63, 3.8) is 0 Å². The van der Waals surface area contributed by atoms with Crippen molar-refractivity contribution in [2.24, 2.45) is 0 Å². The van der Waals surface area contributed by atoms with E-state index in [2.05, 4.69) is 19.2 Å². The largest absolute Gasteiger partial charge is 0.493 e. The molecule has 25 heavy (non-hydrogen) atoms. The maximum absolute atomic E-state index is 6.41. The third-order valence-corrected chi connectivity index (χ3v) is 4.97. The zero-order valence-corrected chi connectivity index (χ0v) is 16.8. The zero-order valence-electron chi connectivity index (χ0n) is 14.5. The molecule has 2 aromatic carbocycles. The van der Waals surface area contributed by atoms with Gasteiger partial charge in [0, 0.05) is 28.2 Å². The van der Waals surface area contributed by atoms with E-state index in [1.54, 1.807) is 25.3 Å². The van der Waals surface area contributed by atoms with Crippen LogP contribution in [0.1, 0.15) is 31.4 Å². The molecule has 0 aliphatic carbocycles. The SMILES string of the molecule is CC[C@@H](C)NCc1cc(Cl)c(OCc2c(Cl)cccc2Cl)c(OC)c1. The van der Waals surface area contributed by atoms with Crippen LogP contribution in [-0.4, -0.2) is 13.2 Å². The van der Waals surface area contributed by atoms with E-state index in [9.17, 15) is 0 Å². The Balaban J connectivity index is 2.17. The van der Waals surface area contributed by atoms with Gasteiger partial charge in [-0.15, -0.1) is 0 Å². The molecular weight excluding hydrogens is 381 g/mol. The van der Waals surface area contributed by atoms with E-state index >= 15 is 0 Å². The molecule has 0 spiro atoms. The van der Waals surface area contributed by atoms with Gasteiger partial charge in [-0.05, 0) is 43.2 Å². The third-order valence-electron chi connectivity index (χ3n) is 3.98. The van der Waals surface area contributed by atoms with Crippen molar-refractivity contribution in [1.29, 1.82) is 0 Å². The second-order valence-corrected chi connectivity index (χ2v) is 7.01. The molecule has 2 aromatic rings. The number of benzene rings is 2. The number of hydrogen-bond acceptors (Lipinski definition) is 3. The standard InChI is InChI=1S/C19H22Cl3NO2/c1-4-12(2)23-10-13-8-17(22)19(18(9-13)24-3)25-11-14-15(20)6-5-7-16(14)21/h5-9,12,23H,4,10-11H2,1-3H3/t12-/m1/s1. The fourth-order valence-corrected chi connectivity index (χ4v) is 3.06. The fraction of sp³-hybridized carbons (Fsp3) is 0.368. The molecular formula is C19H22Cl3NO2. The summed E-state index contributed by atoms with van der Waals surface area (Å²) >= 11 is 18.8. The maximum Gasteiger partial charge on any atom is 0.180 e. The van der Waals surface area contributed by atoms with Crippen LogP contribution in [0.5, 0.6) is 11.5 Å². The van der Waals surface area contributed by atoms with Crippen molar-refractivity contribution >= 4 is 34.8 Å². The van der Waals surface area contributed by atoms with Crippen LogP contribution in [-0.2, 0) is 13.2 Å². The first kappa shape index (κ1) is 20.2. The van der Waals surface area contributed by atoms with Gasteiger partial charge in [-0.1, -0.05) is 47.8 Å². The quantitative estimate of drug-likeness (QED) is 0.576. The Bertz CT molecular complexity index is 702. The van der Waals surface area contributed by atoms with E-state index in [1.807, 2.05) is 12.1 Å². The number of halogens is 3. The van der Waals surface area contributed by atoms with Crippen LogP contribution in [0, 0.1) is 0 Å². The average Bonchev–Trinajstić information content (AvgIpc) is 2.60. The topological polar surface area (TPSA) is 30.5 Å². The highest BCUT2D eigenvalue weighted by molar-refractivity contribution is 6.36. The molecule has 136 valence electrons. The van der Waals surface area contributed by atoms with E-state index in [4.69, 9.17) is 44.3 Å². The van der Waals surface area contributed by atoms with E-state index in [-0.39, 0.29) is 6.61 Å². The Hall–Kier alpha value is -1.13. The van der Waals surface area contributed by atoms with Gasteiger partial charge in [0.15, 0.2) is 11.5 Å². The number of nitrogens with one attached hydrogen (secondary N) is 1. The summed E-state index contributed by atoms with van der Waals surface area (Å²) in [4.78, 5) is 0. The summed E-state index contributed by atoms with van der Waals surface area (Å²) in [5, 5.41) is 5.02. The minimum Gasteiger partial charge on any atom is -0.493 e. The maximum atomic E-state index is 6.41. The zero-order chi connectivity index (χ0) is 18.4. The van der Waals surface area contributed by atoms with Crippen molar-refractivity contribution < 1.29 is 9.47 Å². The molecule has 0 unspecified atom stereocenters. The predicted octanol–water partition coefficient (Wildman–Crippen LogP) is 6.12. The van der Waals surface area contributed by atoms with Crippen LogP contribution in [0.15, 0.2) is 30.3 Å². The molecule has 0 saturated carbocycles. The van der Waals surface area contributed by atoms with Gasteiger partial charge in [-0.25, -0.2) is 0 Å². The van der Waals surface area contributed by atoms with Gasteiger partial charge in [0.1, 0.15) is 6.61 Å². The van der Waals surface area contributed by atoms with Crippen LogP contribution < -0.4 is 14.8 Å². The first-order valence-corrected chi connectivity index (χ1v) is 9.25. The van der Waals surface area contributed by atoms with E-state index in [0.717, 1.165) is 12.0 Å². The van der Waals surface area contributed by atoms with Crippen molar-refractivity contribution in [2.45, 2.75) is 39.5 Å². The minimum atomic E-state index is 0.207. The predicted molar refractivity (Wildman–Crippen MR) is 105 cm³/mol. The van der Waals surface area contributed by atoms with Gasteiger partial charge < -0.3 is 14.8 Å². The minimum absolute atomic E-state index is 0.207. The van der Waals surface area contributed by atoms with Crippen molar-refractivity contribution in [1.82, 2.24) is 5.32 Å². The normalized spacial score (nSPS) is 12.1. The number of ether oxygens (including phenoxy) is 2. The van der Waals surface area contributed by atoms with Crippen LogP contribution in [0.4, 0.5) is 0 Å². The highest BCUT2D eigenvalue weighted by Gasteiger charge is 2.14. The monoisotopic (exact) mass is 401 g/mol. The first-order chi connectivity index (χ1) is 12.0. The Labute approximate surface area is 164 Å². The Morgan fingerprint density at radius 2 is 1.76 bits per heavy atom. The lowest BCUT2D eigenvalue weighted by Gasteiger charge is -2.16. The van der Waals surface area contributed by atoms with Crippen molar-refractivity contribution in [3.05, 3.63) is 56.5 Å². The summed E-state index contributed by atoms with van der Waals surface area (Å²) in [6.45, 7) is 5.20. The summed E-state index contributed by atoms with van der Waals surface area (Å²) in [7, 11) is 1.59. The fourth-order valence-electron chi connectivity index (χ4n) is 2.27. The lowest BCUT2D eigenvalue weighted by molar-refractivity contribution is 0.284. The summed E-state index contributed by atoms with van der Waals surface area (Å²) in [5.74, 6) is 1.06. The van der Waals surface area contributed by atoms with Gasteiger partial charge in [0.05, 0.1) is 12.1 Å². The lowest BCUT2D eigenvalue weighted by Crippen LogP contribution is -2.24. The van der Waals surface area contributed by atoms with Crippen LogP contribution in [0.2, 0.25) is 15.1 Å². The van der Waals surface area contributed by atoms with Crippen LogP contribution >= 0.6 is 34.8 Å². The Morgan fingerprint density at radius 3 is 2.36 bits per heavy atom. The van der Waals surface area contributed by atoms with Crippen molar-refractivity contribution in [2.75, 3.05) is 7.11 Å². The molecule has 0 aliphatic rings. The Morgan fingerprint density at radius 1 is 1.08 bits per heavy atom. The molecule has 1 N–H and O–H groups in total. The molecule has 1 atom stereocenters. The van der Waals surface area contributed by atoms with Gasteiger partial charge in [0.25, 0.3) is 0 Å². The Kier molecular flexibility index (Phi) is 7.70. The second-order valence-electron chi connectivity index (χ2n) is 5.79. The smallest absolute Gasteiger partial charge is 0.180 e. The van der Waals surface area contributed by atoms with Gasteiger partial charge >= 0.3 is 0 Å². The molecule has 6 heteroatoms. The molecule has 0 aromatic heterocycles. The molecule has 0 heterocycles. The highest BCUT2D eigenvalue weighted by atomic mass is 35.5. The van der Waals surface area contributed by atoms with Crippen LogP contribution in [0.3, 0.4) is 0 Å². The summed E-state index contributed by atoms with van der Waals surface area (Å²) in [6.07, 6.45) is 1.06. The molecule has 0 bridgehead atoms. The first-order valence-electron chi connectivity index (χ1n) is 8.11. The van der Waals surface area contributed by atoms with E-state index < -0.39 is 0 Å². The van der Waals surface area contributed by atoms with Gasteiger partial charge in [0.2, 0.25) is 0 Å². The molecule has 0 fully saturated rings. The number of methoxy groups -OCH3 is 1. The molecule has 0 amide bonds. The molecule has 3 nitrogen and oxygen atoms in total. The van der Waals surface area contributed by atoms with Gasteiger partial charge in [-0.3, -0.25) is 0 Å². The highest BCUT2D eigenvalue weighted by Crippen LogP contribution is 2.38. The summed E-state index contributed by atoms with van der Waals surface area (Å²) < 4.78 is 11.3. The van der Waals surface area contributed by atoms with Gasteiger partial charge in [-0.2, -0.15) is 0 Å². The average molecular weight is 403 g/mol. The van der Waals surface area contributed by atoms with Crippen LogP contribution in [0.25, 0.3) is 0 Å². The molecule has 0 saturated heterocycles. The molecule has 0 aliphatic heterocycles. The lowest BCUT2D eigenvalue weighted by atomic mass is 10.1. The summed E-state index contributed by atoms with van der Waals surface area (Å²) in [5.41, 5.74) is 1.75.